The number of benzene rings is 1. The normalized spacial score (nSPS) is 13.7. The molecule has 1 aromatic rings. The molecule has 0 aliphatic rings. The first kappa shape index (κ1) is 35.6. The predicted molar refractivity (Wildman–Crippen MR) is 163 cm³/mol. The van der Waals surface area contributed by atoms with E-state index in [1.165, 1.54) is 64.2 Å². The fourth-order valence-corrected chi connectivity index (χ4v) is 4.90. The van der Waals surface area contributed by atoms with E-state index >= 15 is 0 Å². The summed E-state index contributed by atoms with van der Waals surface area (Å²) in [5.74, 6) is 0.0343. The van der Waals surface area contributed by atoms with Gasteiger partial charge in [-0.1, -0.05) is 115 Å². The molecule has 3 atom stereocenters. The van der Waals surface area contributed by atoms with Crippen molar-refractivity contribution in [2.45, 2.75) is 148 Å². The fourth-order valence-electron chi connectivity index (χ4n) is 4.90. The van der Waals surface area contributed by atoms with E-state index in [0.29, 0.717) is 19.4 Å². The van der Waals surface area contributed by atoms with Gasteiger partial charge in [0.1, 0.15) is 0 Å². The minimum atomic E-state index is -0.689. The first-order valence-corrected chi connectivity index (χ1v) is 16.0. The second-order valence-electron chi connectivity index (χ2n) is 11.2. The quantitative estimate of drug-likeness (QED) is 0.0922. The van der Waals surface area contributed by atoms with Crippen LogP contribution in [-0.2, 0) is 16.1 Å². The summed E-state index contributed by atoms with van der Waals surface area (Å²) >= 11 is 0. The van der Waals surface area contributed by atoms with E-state index < -0.39 is 6.10 Å². The highest BCUT2D eigenvalue weighted by atomic mass is 16.5. The largest absolute Gasteiger partial charge is 0.394 e. The molecule has 0 spiro atoms. The average molecular weight is 549 g/mol. The molecule has 0 radical (unpaired) electrons. The van der Waals surface area contributed by atoms with Crippen molar-refractivity contribution in [3.63, 3.8) is 0 Å². The second-order valence-corrected chi connectivity index (χ2v) is 11.2. The Bertz CT molecular complexity index is 673. The Morgan fingerprint density at radius 3 is 2.13 bits per heavy atom. The van der Waals surface area contributed by atoms with Crippen molar-refractivity contribution < 1.29 is 19.7 Å². The van der Waals surface area contributed by atoms with Crippen LogP contribution >= 0.6 is 0 Å². The van der Waals surface area contributed by atoms with E-state index in [2.05, 4.69) is 36.6 Å². The third kappa shape index (κ3) is 21.0. The van der Waals surface area contributed by atoms with Crippen molar-refractivity contribution in [1.29, 1.82) is 0 Å². The zero-order chi connectivity index (χ0) is 28.4. The highest BCUT2D eigenvalue weighted by molar-refractivity contribution is 5.76. The number of unbranched alkanes of at least 4 members (excludes halogenated alkanes) is 10. The van der Waals surface area contributed by atoms with E-state index in [4.69, 9.17) is 9.84 Å². The SMILES string of the molecule is CCCCCCCCCCC[C@H](CC(=O)NC(CCCC(O)CO)CNCCCCC)OCc1ccccc1. The molecule has 39 heavy (non-hydrogen) atoms. The molecule has 0 saturated heterocycles. The highest BCUT2D eigenvalue weighted by Crippen LogP contribution is 2.16. The van der Waals surface area contributed by atoms with Crippen LogP contribution in [0.25, 0.3) is 0 Å². The highest BCUT2D eigenvalue weighted by Gasteiger charge is 2.18. The van der Waals surface area contributed by atoms with Gasteiger partial charge in [0.05, 0.1) is 31.8 Å². The van der Waals surface area contributed by atoms with Gasteiger partial charge in [-0.25, -0.2) is 0 Å². The Morgan fingerprint density at radius 1 is 0.821 bits per heavy atom. The Morgan fingerprint density at radius 2 is 1.46 bits per heavy atom. The molecule has 1 aromatic carbocycles. The third-order valence-corrected chi connectivity index (χ3v) is 7.38. The minimum Gasteiger partial charge on any atom is -0.394 e. The summed E-state index contributed by atoms with van der Waals surface area (Å²) in [5, 5.41) is 25.6. The number of rotatable bonds is 27. The molecule has 6 nitrogen and oxygen atoms in total. The molecule has 0 aliphatic carbocycles. The molecule has 6 heteroatoms. The van der Waals surface area contributed by atoms with Gasteiger partial charge in [-0.2, -0.15) is 0 Å². The molecule has 0 saturated carbocycles. The van der Waals surface area contributed by atoms with Crippen molar-refractivity contribution in [1.82, 2.24) is 10.6 Å². The summed E-state index contributed by atoms with van der Waals surface area (Å²) in [6.45, 7) is 6.43. The maximum atomic E-state index is 13.1. The van der Waals surface area contributed by atoms with Crippen LogP contribution < -0.4 is 10.6 Å². The Kier molecular flexibility index (Phi) is 23.2. The summed E-state index contributed by atoms with van der Waals surface area (Å²) in [4.78, 5) is 13.1. The van der Waals surface area contributed by atoms with E-state index in [9.17, 15) is 9.90 Å². The molecule has 2 unspecified atom stereocenters. The molecule has 226 valence electrons. The third-order valence-electron chi connectivity index (χ3n) is 7.38. The van der Waals surface area contributed by atoms with Crippen LogP contribution in [0.2, 0.25) is 0 Å². The van der Waals surface area contributed by atoms with Crippen LogP contribution in [0.5, 0.6) is 0 Å². The van der Waals surface area contributed by atoms with Gasteiger partial charge in [0.15, 0.2) is 0 Å². The average Bonchev–Trinajstić information content (AvgIpc) is 2.95. The first-order chi connectivity index (χ1) is 19.1. The molecule has 1 amide bonds. The summed E-state index contributed by atoms with van der Waals surface area (Å²) in [7, 11) is 0. The minimum absolute atomic E-state index is 0.00695. The van der Waals surface area contributed by atoms with Gasteiger partial charge in [0.2, 0.25) is 5.91 Å². The van der Waals surface area contributed by atoms with Crippen molar-refractivity contribution in [2.75, 3.05) is 19.7 Å². The summed E-state index contributed by atoms with van der Waals surface area (Å²) < 4.78 is 6.27. The molecule has 4 N–H and O–H groups in total. The fraction of sp³-hybridized carbons (Fsp3) is 0.788. The van der Waals surface area contributed by atoms with Crippen molar-refractivity contribution in [2.24, 2.45) is 0 Å². The van der Waals surface area contributed by atoms with Crippen LogP contribution in [-0.4, -0.2) is 54.1 Å². The molecular formula is C33H60N2O4. The zero-order valence-corrected chi connectivity index (χ0v) is 25.2. The molecule has 0 fully saturated rings. The van der Waals surface area contributed by atoms with Gasteiger partial charge in [-0.15, -0.1) is 0 Å². The second kappa shape index (κ2) is 25.5. The van der Waals surface area contributed by atoms with E-state index in [-0.39, 0.29) is 24.7 Å². The monoisotopic (exact) mass is 548 g/mol. The maximum Gasteiger partial charge on any atom is 0.222 e. The van der Waals surface area contributed by atoms with Gasteiger partial charge < -0.3 is 25.6 Å². The van der Waals surface area contributed by atoms with Crippen molar-refractivity contribution >= 4 is 5.91 Å². The summed E-state index contributed by atoms with van der Waals surface area (Å²) in [6.07, 6.45) is 17.6. The number of amides is 1. The first-order valence-electron chi connectivity index (χ1n) is 16.0. The molecule has 0 aliphatic heterocycles. The predicted octanol–water partition coefficient (Wildman–Crippen LogP) is 6.67. The van der Waals surface area contributed by atoms with E-state index in [0.717, 1.165) is 50.8 Å². The number of hydrogen-bond donors (Lipinski definition) is 4. The lowest BCUT2D eigenvalue weighted by Gasteiger charge is -2.23. The molecule has 0 aromatic heterocycles. The van der Waals surface area contributed by atoms with Crippen LogP contribution in [0.3, 0.4) is 0 Å². The van der Waals surface area contributed by atoms with E-state index in [1.54, 1.807) is 0 Å². The summed E-state index contributed by atoms with van der Waals surface area (Å²) in [5.41, 5.74) is 1.13. The lowest BCUT2D eigenvalue weighted by Crippen LogP contribution is -2.43. The number of carbonyl (C=O) groups is 1. The number of aliphatic hydroxyl groups excluding tert-OH is 2. The topological polar surface area (TPSA) is 90.8 Å². The van der Waals surface area contributed by atoms with Crippen LogP contribution in [0, 0.1) is 0 Å². The van der Waals surface area contributed by atoms with Crippen LogP contribution in [0.4, 0.5) is 0 Å². The number of carbonyl (C=O) groups excluding carboxylic acids is 1. The van der Waals surface area contributed by atoms with Crippen LogP contribution in [0.15, 0.2) is 30.3 Å². The zero-order valence-electron chi connectivity index (χ0n) is 25.2. The number of aliphatic hydroxyl groups is 2. The van der Waals surface area contributed by atoms with E-state index in [1.807, 2.05) is 18.2 Å². The standard InChI is InChI=1S/C33H60N2O4/c1-3-5-7-8-9-10-11-12-16-23-32(39-28-29-19-14-13-15-20-29)25-33(38)35-30(21-18-22-31(37)27-36)26-34-24-17-6-4-2/h13-15,19-20,30-32,34,36-37H,3-12,16-18,21-28H2,1-2H3,(H,35,38)/t30?,31?,32-/m1/s1. The summed E-state index contributed by atoms with van der Waals surface area (Å²) in [6, 6.07) is 10.2. The Balaban J connectivity index is 2.55. The maximum absolute atomic E-state index is 13.1. The van der Waals surface area contributed by atoms with Crippen molar-refractivity contribution in [3.8, 4) is 0 Å². The van der Waals surface area contributed by atoms with Crippen molar-refractivity contribution in [3.05, 3.63) is 35.9 Å². The van der Waals surface area contributed by atoms with Crippen LogP contribution in [0.1, 0.15) is 129 Å². The number of hydrogen-bond acceptors (Lipinski definition) is 5. The lowest BCUT2D eigenvalue weighted by molar-refractivity contribution is -0.125. The number of nitrogens with one attached hydrogen (secondary N) is 2. The van der Waals surface area contributed by atoms with Gasteiger partial charge in [-0.3, -0.25) is 4.79 Å². The smallest absolute Gasteiger partial charge is 0.222 e. The van der Waals surface area contributed by atoms with Gasteiger partial charge in [-0.05, 0) is 44.2 Å². The van der Waals surface area contributed by atoms with Gasteiger partial charge >= 0.3 is 0 Å². The Labute approximate surface area is 239 Å². The van der Waals surface area contributed by atoms with Gasteiger partial charge in [0.25, 0.3) is 0 Å². The number of ether oxygens (including phenoxy) is 1. The van der Waals surface area contributed by atoms with Gasteiger partial charge in [0, 0.05) is 12.6 Å². The molecule has 1 rings (SSSR count). The molecule has 0 heterocycles. The molecular weight excluding hydrogens is 488 g/mol. The Hall–Kier alpha value is -1.47. The lowest BCUT2D eigenvalue weighted by atomic mass is 10.0. The molecule has 0 bridgehead atoms.